The van der Waals surface area contributed by atoms with Crippen molar-refractivity contribution >= 4 is 12.0 Å². The van der Waals surface area contributed by atoms with Crippen LogP contribution in [0, 0.1) is 5.82 Å². The third-order valence-corrected chi connectivity index (χ3v) is 5.18. The maximum Gasteiger partial charge on any atom is 0.409 e. The van der Waals surface area contributed by atoms with E-state index in [0.29, 0.717) is 44.4 Å². The molecule has 2 aliphatic heterocycles. The van der Waals surface area contributed by atoms with Gasteiger partial charge in [-0.1, -0.05) is 6.07 Å². The van der Waals surface area contributed by atoms with Crippen molar-refractivity contribution in [2.45, 2.75) is 25.8 Å². The molecule has 0 N–H and O–H groups in total. The highest BCUT2D eigenvalue weighted by atomic mass is 19.1. The van der Waals surface area contributed by atoms with Gasteiger partial charge in [0.2, 0.25) is 0 Å². The van der Waals surface area contributed by atoms with Gasteiger partial charge in [0.1, 0.15) is 5.82 Å². The molecule has 0 spiro atoms. The summed E-state index contributed by atoms with van der Waals surface area (Å²) in [4.78, 5) is 30.2. The predicted octanol–water partition coefficient (Wildman–Crippen LogP) is 2.20. The first-order valence-corrected chi connectivity index (χ1v) is 9.29. The number of piperidine rings is 1. The number of piperazine rings is 1. The zero-order chi connectivity index (χ0) is 18.5. The normalized spacial score (nSPS) is 19.5. The Labute approximate surface area is 153 Å². The van der Waals surface area contributed by atoms with E-state index in [1.54, 1.807) is 21.9 Å². The van der Waals surface area contributed by atoms with Crippen molar-refractivity contribution in [3.05, 3.63) is 35.6 Å². The van der Waals surface area contributed by atoms with Crippen molar-refractivity contribution in [1.82, 2.24) is 14.7 Å². The van der Waals surface area contributed by atoms with Crippen LogP contribution in [0.3, 0.4) is 0 Å². The lowest BCUT2D eigenvalue weighted by molar-refractivity contribution is 0.0417. The van der Waals surface area contributed by atoms with E-state index in [-0.39, 0.29) is 17.8 Å². The first-order chi connectivity index (χ1) is 12.6. The zero-order valence-electron chi connectivity index (χ0n) is 15.2. The summed E-state index contributed by atoms with van der Waals surface area (Å²) in [5.41, 5.74) is 0.404. The van der Waals surface area contributed by atoms with E-state index >= 15 is 0 Å². The largest absolute Gasteiger partial charge is 0.450 e. The monoisotopic (exact) mass is 363 g/mol. The fraction of sp³-hybridized carbons (Fsp3) is 0.579. The average Bonchev–Trinajstić information content (AvgIpc) is 2.68. The van der Waals surface area contributed by atoms with Crippen molar-refractivity contribution in [3.8, 4) is 0 Å². The molecule has 0 saturated carbocycles. The van der Waals surface area contributed by atoms with Crippen molar-refractivity contribution in [3.63, 3.8) is 0 Å². The summed E-state index contributed by atoms with van der Waals surface area (Å²) in [7, 11) is 0. The fourth-order valence-corrected chi connectivity index (χ4v) is 3.72. The van der Waals surface area contributed by atoms with E-state index in [4.69, 9.17) is 4.74 Å². The Kier molecular flexibility index (Phi) is 6.08. The molecule has 0 aliphatic carbocycles. The molecule has 1 aromatic rings. The third kappa shape index (κ3) is 4.33. The molecule has 0 bridgehead atoms. The van der Waals surface area contributed by atoms with Gasteiger partial charge in [-0.15, -0.1) is 0 Å². The number of benzene rings is 1. The number of nitrogens with zero attached hydrogens (tertiary/aromatic N) is 3. The van der Waals surface area contributed by atoms with E-state index in [1.165, 1.54) is 12.1 Å². The van der Waals surface area contributed by atoms with Gasteiger partial charge in [-0.25, -0.2) is 9.18 Å². The second-order valence-electron chi connectivity index (χ2n) is 6.76. The van der Waals surface area contributed by atoms with Crippen LogP contribution in [0.5, 0.6) is 0 Å². The molecule has 2 amide bonds. The van der Waals surface area contributed by atoms with E-state index in [0.717, 1.165) is 25.9 Å². The number of hydrogen-bond donors (Lipinski definition) is 0. The summed E-state index contributed by atoms with van der Waals surface area (Å²) >= 11 is 0. The maximum absolute atomic E-state index is 13.3. The van der Waals surface area contributed by atoms with Crippen molar-refractivity contribution in [2.24, 2.45) is 0 Å². The SMILES string of the molecule is CCOC(=O)N1CCC(N2CCN(C(=O)c3cccc(F)c3)CC2)CC1. The molecule has 1 aromatic carbocycles. The number of carbonyl (C=O) groups is 2. The predicted molar refractivity (Wildman–Crippen MR) is 95.5 cm³/mol. The summed E-state index contributed by atoms with van der Waals surface area (Å²) in [6, 6.07) is 6.29. The molecule has 6 nitrogen and oxygen atoms in total. The first kappa shape index (κ1) is 18.6. The minimum absolute atomic E-state index is 0.110. The van der Waals surface area contributed by atoms with Crippen LogP contribution in [-0.4, -0.2) is 78.6 Å². The van der Waals surface area contributed by atoms with Crippen LogP contribution < -0.4 is 0 Å². The summed E-state index contributed by atoms with van der Waals surface area (Å²) in [5.74, 6) is -0.496. The molecule has 26 heavy (non-hydrogen) atoms. The average molecular weight is 363 g/mol. The van der Waals surface area contributed by atoms with E-state index in [9.17, 15) is 14.0 Å². The Morgan fingerprint density at radius 3 is 2.38 bits per heavy atom. The molecule has 0 unspecified atom stereocenters. The van der Waals surface area contributed by atoms with Crippen LogP contribution >= 0.6 is 0 Å². The van der Waals surface area contributed by atoms with Gasteiger partial charge in [-0.05, 0) is 38.0 Å². The fourth-order valence-electron chi connectivity index (χ4n) is 3.72. The molecule has 3 rings (SSSR count). The van der Waals surface area contributed by atoms with Gasteiger partial charge in [0.05, 0.1) is 6.61 Å². The molecular weight excluding hydrogens is 337 g/mol. The molecule has 0 radical (unpaired) electrons. The summed E-state index contributed by atoms with van der Waals surface area (Å²) < 4.78 is 18.4. The topological polar surface area (TPSA) is 53.1 Å². The highest BCUT2D eigenvalue weighted by molar-refractivity contribution is 5.94. The molecule has 2 saturated heterocycles. The zero-order valence-corrected chi connectivity index (χ0v) is 15.2. The molecule has 2 fully saturated rings. The highest BCUT2D eigenvalue weighted by Crippen LogP contribution is 2.20. The molecule has 2 aliphatic rings. The second-order valence-corrected chi connectivity index (χ2v) is 6.76. The Hall–Kier alpha value is -2.15. The van der Waals surface area contributed by atoms with Crippen LogP contribution in [0.4, 0.5) is 9.18 Å². The minimum Gasteiger partial charge on any atom is -0.450 e. The Balaban J connectivity index is 1.47. The lowest BCUT2D eigenvalue weighted by atomic mass is 10.0. The van der Waals surface area contributed by atoms with Gasteiger partial charge in [0, 0.05) is 50.9 Å². The van der Waals surface area contributed by atoms with Crippen molar-refractivity contribution < 1.29 is 18.7 Å². The summed E-state index contributed by atoms with van der Waals surface area (Å²) in [5, 5.41) is 0. The number of halogens is 1. The molecule has 7 heteroatoms. The third-order valence-electron chi connectivity index (χ3n) is 5.18. The number of amides is 2. The standard InChI is InChI=1S/C19H26FN3O3/c1-2-26-19(25)23-8-6-17(7-9-23)21-10-12-22(13-11-21)18(24)15-4-3-5-16(20)14-15/h3-5,14,17H,2,6-13H2,1H3. The lowest BCUT2D eigenvalue weighted by Gasteiger charge is -2.42. The van der Waals surface area contributed by atoms with E-state index in [2.05, 4.69) is 4.90 Å². The van der Waals surface area contributed by atoms with Crippen molar-refractivity contribution in [2.75, 3.05) is 45.9 Å². The summed E-state index contributed by atoms with van der Waals surface area (Å²) in [6.07, 6.45) is 1.63. The smallest absolute Gasteiger partial charge is 0.409 e. The van der Waals surface area contributed by atoms with Gasteiger partial charge in [0.15, 0.2) is 0 Å². The Morgan fingerprint density at radius 1 is 1.08 bits per heavy atom. The number of hydrogen-bond acceptors (Lipinski definition) is 4. The highest BCUT2D eigenvalue weighted by Gasteiger charge is 2.30. The van der Waals surface area contributed by atoms with Gasteiger partial charge < -0.3 is 14.5 Å². The molecule has 2 heterocycles. The molecular formula is C19H26FN3O3. The lowest BCUT2D eigenvalue weighted by Crippen LogP contribution is -2.54. The van der Waals surface area contributed by atoms with Crippen LogP contribution in [0.2, 0.25) is 0 Å². The van der Waals surface area contributed by atoms with Gasteiger partial charge >= 0.3 is 6.09 Å². The molecule has 0 aromatic heterocycles. The number of carbonyl (C=O) groups excluding carboxylic acids is 2. The minimum atomic E-state index is -0.386. The quantitative estimate of drug-likeness (QED) is 0.826. The van der Waals surface area contributed by atoms with Gasteiger partial charge in [-0.3, -0.25) is 9.69 Å². The van der Waals surface area contributed by atoms with Gasteiger partial charge in [0.25, 0.3) is 5.91 Å². The van der Waals surface area contributed by atoms with Crippen molar-refractivity contribution in [1.29, 1.82) is 0 Å². The molecule has 0 atom stereocenters. The number of likely N-dealkylation sites (tertiary alicyclic amines) is 1. The van der Waals surface area contributed by atoms with E-state index < -0.39 is 0 Å². The van der Waals surface area contributed by atoms with Crippen LogP contribution in [0.25, 0.3) is 0 Å². The van der Waals surface area contributed by atoms with Crippen LogP contribution in [-0.2, 0) is 4.74 Å². The van der Waals surface area contributed by atoms with Crippen LogP contribution in [0.15, 0.2) is 24.3 Å². The maximum atomic E-state index is 13.3. The second kappa shape index (κ2) is 8.49. The van der Waals surface area contributed by atoms with Crippen LogP contribution in [0.1, 0.15) is 30.1 Å². The first-order valence-electron chi connectivity index (χ1n) is 9.29. The van der Waals surface area contributed by atoms with E-state index in [1.807, 2.05) is 6.92 Å². The Bertz CT molecular complexity index is 639. The number of ether oxygens (including phenoxy) is 1. The Morgan fingerprint density at radius 2 is 1.77 bits per heavy atom. The molecule has 142 valence electrons. The number of rotatable bonds is 3. The summed E-state index contributed by atoms with van der Waals surface area (Å²) in [6.45, 7) is 6.56. The van der Waals surface area contributed by atoms with Gasteiger partial charge in [-0.2, -0.15) is 0 Å².